The highest BCUT2D eigenvalue weighted by molar-refractivity contribution is 6.08. The standard InChI is InChI=1S/C20H20FN3O5/c1-20(2,3)29-19(27)24-13-7-5-12(21)9-15(13)23-18(26)11-4-6-14-16(8-11)28-10-17(25)22-14/h4-9H,10H2,1-3H3,(H,22,25)(H,23,26)(H,24,27). The Hall–Kier alpha value is -3.62. The number of anilines is 3. The van der Waals surface area contributed by atoms with E-state index in [4.69, 9.17) is 9.47 Å². The summed E-state index contributed by atoms with van der Waals surface area (Å²) in [6.45, 7) is 4.98. The first-order valence-corrected chi connectivity index (χ1v) is 8.78. The summed E-state index contributed by atoms with van der Waals surface area (Å²) in [6, 6.07) is 8.04. The predicted octanol–water partition coefficient (Wildman–Crippen LogP) is 3.76. The lowest BCUT2D eigenvalue weighted by molar-refractivity contribution is -0.118. The van der Waals surface area contributed by atoms with E-state index in [1.165, 1.54) is 24.3 Å². The highest BCUT2D eigenvalue weighted by Crippen LogP contribution is 2.30. The molecular weight excluding hydrogens is 381 g/mol. The molecule has 0 saturated carbocycles. The van der Waals surface area contributed by atoms with Gasteiger partial charge >= 0.3 is 6.09 Å². The molecule has 1 aliphatic rings. The molecule has 2 aromatic rings. The summed E-state index contributed by atoms with van der Waals surface area (Å²) in [7, 11) is 0. The number of amides is 3. The summed E-state index contributed by atoms with van der Waals surface area (Å²) in [5.74, 6) is -1.08. The van der Waals surface area contributed by atoms with Gasteiger partial charge in [0.1, 0.15) is 17.2 Å². The highest BCUT2D eigenvalue weighted by atomic mass is 19.1. The van der Waals surface area contributed by atoms with Crippen LogP contribution in [0.5, 0.6) is 5.75 Å². The quantitative estimate of drug-likeness (QED) is 0.726. The Balaban J connectivity index is 1.79. The Bertz CT molecular complexity index is 985. The second-order valence-electron chi connectivity index (χ2n) is 7.32. The van der Waals surface area contributed by atoms with Crippen LogP contribution in [0.3, 0.4) is 0 Å². The molecule has 8 nitrogen and oxygen atoms in total. The first-order chi connectivity index (χ1) is 13.6. The van der Waals surface area contributed by atoms with Gasteiger partial charge in [-0.1, -0.05) is 0 Å². The fourth-order valence-electron chi connectivity index (χ4n) is 2.55. The molecule has 0 radical (unpaired) electrons. The molecule has 3 rings (SSSR count). The van der Waals surface area contributed by atoms with Crippen LogP contribution in [0, 0.1) is 5.82 Å². The molecule has 0 spiro atoms. The zero-order chi connectivity index (χ0) is 21.2. The molecule has 29 heavy (non-hydrogen) atoms. The molecular formula is C20H20FN3O5. The van der Waals surface area contributed by atoms with Crippen LogP contribution in [0.15, 0.2) is 36.4 Å². The number of halogens is 1. The third-order valence-corrected chi connectivity index (χ3v) is 3.74. The predicted molar refractivity (Wildman–Crippen MR) is 105 cm³/mol. The number of carbonyl (C=O) groups is 3. The Morgan fingerprint density at radius 2 is 1.86 bits per heavy atom. The average molecular weight is 401 g/mol. The molecule has 1 aliphatic heterocycles. The van der Waals surface area contributed by atoms with E-state index in [2.05, 4.69) is 16.0 Å². The number of benzene rings is 2. The fraction of sp³-hybridized carbons (Fsp3) is 0.250. The number of fused-ring (bicyclic) bond motifs is 1. The monoisotopic (exact) mass is 401 g/mol. The second-order valence-corrected chi connectivity index (χ2v) is 7.32. The number of hydrogen-bond acceptors (Lipinski definition) is 5. The van der Waals surface area contributed by atoms with Crippen molar-refractivity contribution < 1.29 is 28.2 Å². The molecule has 3 N–H and O–H groups in total. The van der Waals surface area contributed by atoms with E-state index < -0.39 is 23.4 Å². The van der Waals surface area contributed by atoms with Gasteiger partial charge in [0, 0.05) is 5.56 Å². The van der Waals surface area contributed by atoms with E-state index in [1.807, 2.05) is 0 Å². The lowest BCUT2D eigenvalue weighted by Gasteiger charge is -2.21. The minimum atomic E-state index is -0.738. The van der Waals surface area contributed by atoms with Crippen LogP contribution in [-0.4, -0.2) is 30.1 Å². The zero-order valence-electron chi connectivity index (χ0n) is 16.1. The summed E-state index contributed by atoms with van der Waals surface area (Å²) in [5.41, 5.74) is 0.206. The van der Waals surface area contributed by atoms with Gasteiger partial charge in [0.15, 0.2) is 6.61 Å². The number of rotatable bonds is 3. The van der Waals surface area contributed by atoms with E-state index in [0.717, 1.165) is 12.1 Å². The molecule has 0 aromatic heterocycles. The van der Waals surface area contributed by atoms with Crippen LogP contribution in [0.1, 0.15) is 31.1 Å². The van der Waals surface area contributed by atoms with Gasteiger partial charge in [-0.25, -0.2) is 9.18 Å². The molecule has 0 saturated heterocycles. The normalized spacial score (nSPS) is 12.9. The molecule has 0 atom stereocenters. The molecule has 2 aromatic carbocycles. The summed E-state index contributed by atoms with van der Waals surface area (Å²) < 4.78 is 24.2. The van der Waals surface area contributed by atoms with Crippen LogP contribution in [-0.2, 0) is 9.53 Å². The first-order valence-electron chi connectivity index (χ1n) is 8.78. The van der Waals surface area contributed by atoms with Crippen molar-refractivity contribution in [3.8, 4) is 5.75 Å². The van der Waals surface area contributed by atoms with Crippen molar-refractivity contribution in [2.24, 2.45) is 0 Å². The Kier molecular flexibility index (Phi) is 5.40. The fourth-order valence-corrected chi connectivity index (χ4v) is 2.55. The second kappa shape index (κ2) is 7.78. The van der Waals surface area contributed by atoms with Gasteiger partial charge in [0.2, 0.25) is 0 Å². The SMILES string of the molecule is CC(C)(C)OC(=O)Nc1ccc(F)cc1NC(=O)c1ccc2c(c1)OCC(=O)N2. The van der Waals surface area contributed by atoms with Gasteiger partial charge in [-0.05, 0) is 57.2 Å². The van der Waals surface area contributed by atoms with Crippen LogP contribution < -0.4 is 20.7 Å². The number of ether oxygens (including phenoxy) is 2. The van der Waals surface area contributed by atoms with Crippen molar-refractivity contribution in [3.63, 3.8) is 0 Å². The summed E-state index contributed by atoms with van der Waals surface area (Å²) in [5, 5.41) is 7.68. The van der Waals surface area contributed by atoms with Crippen molar-refractivity contribution in [1.29, 1.82) is 0 Å². The molecule has 3 amide bonds. The molecule has 0 fully saturated rings. The third kappa shape index (κ3) is 5.22. The lowest BCUT2D eigenvalue weighted by atomic mass is 10.1. The minimum Gasteiger partial charge on any atom is -0.482 e. The van der Waals surface area contributed by atoms with Gasteiger partial charge in [-0.2, -0.15) is 0 Å². The maximum Gasteiger partial charge on any atom is 0.412 e. The van der Waals surface area contributed by atoms with Crippen molar-refractivity contribution in [1.82, 2.24) is 0 Å². The van der Waals surface area contributed by atoms with Gasteiger partial charge in [-0.15, -0.1) is 0 Å². The van der Waals surface area contributed by atoms with Crippen LogP contribution in [0.25, 0.3) is 0 Å². The third-order valence-electron chi connectivity index (χ3n) is 3.74. The van der Waals surface area contributed by atoms with Crippen molar-refractivity contribution in [2.75, 3.05) is 22.6 Å². The van der Waals surface area contributed by atoms with Crippen molar-refractivity contribution in [2.45, 2.75) is 26.4 Å². The first kappa shape index (κ1) is 20.1. The van der Waals surface area contributed by atoms with E-state index >= 15 is 0 Å². The van der Waals surface area contributed by atoms with Crippen molar-refractivity contribution >= 4 is 35.0 Å². The van der Waals surface area contributed by atoms with E-state index in [0.29, 0.717) is 11.4 Å². The summed E-state index contributed by atoms with van der Waals surface area (Å²) in [6.07, 6.45) is -0.738. The minimum absolute atomic E-state index is 0.0628. The largest absolute Gasteiger partial charge is 0.482 e. The van der Waals surface area contributed by atoms with Crippen molar-refractivity contribution in [3.05, 3.63) is 47.8 Å². The Morgan fingerprint density at radius 1 is 1.10 bits per heavy atom. The summed E-state index contributed by atoms with van der Waals surface area (Å²) >= 11 is 0. The van der Waals surface area contributed by atoms with Crippen LogP contribution in [0.2, 0.25) is 0 Å². The number of carbonyl (C=O) groups excluding carboxylic acids is 3. The van der Waals surface area contributed by atoms with Gasteiger partial charge in [-0.3, -0.25) is 14.9 Å². The van der Waals surface area contributed by atoms with E-state index in [-0.39, 0.29) is 29.5 Å². The molecule has 152 valence electrons. The zero-order valence-corrected chi connectivity index (χ0v) is 16.1. The van der Waals surface area contributed by atoms with Gasteiger partial charge in [0.05, 0.1) is 17.1 Å². The maximum atomic E-state index is 13.7. The Labute approximate surface area is 166 Å². The smallest absolute Gasteiger partial charge is 0.412 e. The molecule has 1 heterocycles. The highest BCUT2D eigenvalue weighted by Gasteiger charge is 2.20. The Morgan fingerprint density at radius 3 is 2.59 bits per heavy atom. The van der Waals surface area contributed by atoms with Crippen LogP contribution >= 0.6 is 0 Å². The van der Waals surface area contributed by atoms with Gasteiger partial charge in [0.25, 0.3) is 11.8 Å². The topological polar surface area (TPSA) is 106 Å². The number of nitrogens with one attached hydrogen (secondary N) is 3. The maximum absolute atomic E-state index is 13.7. The van der Waals surface area contributed by atoms with Crippen LogP contribution in [0.4, 0.5) is 26.2 Å². The van der Waals surface area contributed by atoms with Gasteiger partial charge < -0.3 is 20.1 Å². The molecule has 0 unspecified atom stereocenters. The lowest BCUT2D eigenvalue weighted by Crippen LogP contribution is -2.27. The molecule has 9 heteroatoms. The average Bonchev–Trinajstić information content (AvgIpc) is 2.62. The molecule has 0 aliphatic carbocycles. The van der Waals surface area contributed by atoms with E-state index in [1.54, 1.807) is 20.8 Å². The molecule has 0 bridgehead atoms. The number of hydrogen-bond donors (Lipinski definition) is 3. The van der Waals surface area contributed by atoms with E-state index in [9.17, 15) is 18.8 Å². The summed E-state index contributed by atoms with van der Waals surface area (Å²) in [4.78, 5) is 36.0.